The number of nitrogens with zero attached hydrogens (tertiary/aromatic N) is 1. The summed E-state index contributed by atoms with van der Waals surface area (Å²) in [6.07, 6.45) is 6.22. The summed E-state index contributed by atoms with van der Waals surface area (Å²) in [6.45, 7) is 6.07. The molecule has 0 aromatic rings. The summed E-state index contributed by atoms with van der Waals surface area (Å²) in [4.78, 5) is 51.8. The van der Waals surface area contributed by atoms with E-state index in [0.717, 1.165) is 11.1 Å². The number of allylic oxidation sites excluding steroid dienone is 5. The first-order chi connectivity index (χ1) is 15.2. The van der Waals surface area contributed by atoms with Gasteiger partial charge in [-0.2, -0.15) is 0 Å². The minimum absolute atomic E-state index is 0.0113. The van der Waals surface area contributed by atoms with Crippen LogP contribution >= 0.6 is 0 Å². The number of nitrogens with two attached hydrogens (primary N) is 1. The molecule has 1 saturated heterocycles. The molecule has 0 radical (unpaired) electrons. The zero-order chi connectivity index (χ0) is 23.7. The molecule has 5 N–H and O–H groups in total. The molecular weight excluding hydrogens is 418 g/mol. The number of nitrogens with one attached hydrogen (secondary N) is 3. The minimum Gasteiger partial charge on any atom is -0.444 e. The molecule has 11 nitrogen and oxygen atoms in total. The third-order valence-corrected chi connectivity index (χ3v) is 5.16. The van der Waals surface area contributed by atoms with Crippen LogP contribution in [0.25, 0.3) is 0 Å². The smallest absolute Gasteiger partial charge is 0.432 e. The highest BCUT2D eigenvalue weighted by molar-refractivity contribution is 6.01. The summed E-state index contributed by atoms with van der Waals surface area (Å²) in [5.74, 6) is -1.80. The molecule has 11 heteroatoms. The van der Waals surface area contributed by atoms with Crippen LogP contribution in [0.15, 0.2) is 36.0 Å². The average molecular weight is 447 g/mol. The third-order valence-electron chi connectivity index (χ3n) is 5.16. The van der Waals surface area contributed by atoms with Gasteiger partial charge in [-0.25, -0.2) is 4.79 Å². The summed E-state index contributed by atoms with van der Waals surface area (Å²) in [5.41, 5.74) is 7.06. The van der Waals surface area contributed by atoms with E-state index in [-0.39, 0.29) is 50.3 Å². The molecule has 1 aliphatic heterocycles. The van der Waals surface area contributed by atoms with Crippen molar-refractivity contribution in [2.45, 2.75) is 39.0 Å². The second-order valence-corrected chi connectivity index (χ2v) is 7.40. The Labute approximate surface area is 186 Å². The second kappa shape index (κ2) is 11.7. The molecule has 3 amide bonds. The van der Waals surface area contributed by atoms with Crippen molar-refractivity contribution < 1.29 is 28.8 Å². The van der Waals surface area contributed by atoms with Gasteiger partial charge in [0.1, 0.15) is 0 Å². The molecule has 2 atom stereocenters. The number of carbonyl (C=O) groups excluding carboxylic acids is 4. The predicted molar refractivity (Wildman–Crippen MR) is 114 cm³/mol. The van der Waals surface area contributed by atoms with Gasteiger partial charge in [-0.3, -0.25) is 19.8 Å². The van der Waals surface area contributed by atoms with Crippen molar-refractivity contribution in [2.24, 2.45) is 17.6 Å². The van der Waals surface area contributed by atoms with Crippen LogP contribution in [-0.2, 0) is 24.0 Å². The summed E-state index contributed by atoms with van der Waals surface area (Å²) < 4.78 is 4.99. The Balaban J connectivity index is 1.86. The first-order valence-corrected chi connectivity index (χ1v) is 10.3. The van der Waals surface area contributed by atoms with Gasteiger partial charge < -0.3 is 25.9 Å². The number of amides is 3. The van der Waals surface area contributed by atoms with Gasteiger partial charge in [0.15, 0.2) is 12.7 Å². The zero-order valence-electron chi connectivity index (χ0n) is 18.0. The monoisotopic (exact) mass is 447 g/mol. The van der Waals surface area contributed by atoms with Crippen LogP contribution in [0.5, 0.6) is 0 Å². The molecule has 1 heterocycles. The molecular formula is C21H29N5O6. The maximum atomic E-state index is 12.0. The van der Waals surface area contributed by atoms with Crippen LogP contribution in [-0.4, -0.2) is 48.2 Å². The highest BCUT2D eigenvalue weighted by Gasteiger charge is 2.34. The van der Waals surface area contributed by atoms with Gasteiger partial charge >= 0.3 is 12.1 Å². The molecule has 0 bridgehead atoms. The number of ether oxygens (including phenoxy) is 1. The first kappa shape index (κ1) is 24.6. The number of imide groups is 1. The second-order valence-electron chi connectivity index (χ2n) is 7.40. The summed E-state index contributed by atoms with van der Waals surface area (Å²) in [5, 5.41) is 12.5. The first-order valence-electron chi connectivity index (χ1n) is 10.3. The standard InChI is InChI=1S/C21H29N5O6/c1-3-4-14-11-13(2)15(5-8-19(29)31-12-25-20(22)23)16(14)9-10-24-21(30)32-26-17(27)6-7-18(26)28/h3-4,11,15-16H,2,5-10,12H2,1H3,(H,24,30)(H4,22,23,25)/b4-3-. The summed E-state index contributed by atoms with van der Waals surface area (Å²) in [7, 11) is 0. The Morgan fingerprint density at radius 2 is 1.94 bits per heavy atom. The maximum absolute atomic E-state index is 12.0. The fourth-order valence-corrected chi connectivity index (χ4v) is 3.68. The Kier molecular flexibility index (Phi) is 8.99. The van der Waals surface area contributed by atoms with E-state index in [1.165, 1.54) is 0 Å². The van der Waals surface area contributed by atoms with Crippen molar-refractivity contribution in [1.82, 2.24) is 15.7 Å². The van der Waals surface area contributed by atoms with Crippen molar-refractivity contribution in [3.05, 3.63) is 36.0 Å². The van der Waals surface area contributed by atoms with E-state index in [4.69, 9.17) is 20.7 Å². The van der Waals surface area contributed by atoms with E-state index < -0.39 is 23.9 Å². The van der Waals surface area contributed by atoms with Gasteiger partial charge in [-0.15, -0.1) is 5.06 Å². The Hall–Kier alpha value is -3.63. The molecule has 0 aromatic heterocycles. The van der Waals surface area contributed by atoms with Gasteiger partial charge in [-0.1, -0.05) is 30.4 Å². The van der Waals surface area contributed by atoms with E-state index in [1.807, 2.05) is 25.2 Å². The van der Waals surface area contributed by atoms with Crippen LogP contribution in [0, 0.1) is 17.2 Å². The van der Waals surface area contributed by atoms with Crippen molar-refractivity contribution in [1.29, 1.82) is 5.41 Å². The van der Waals surface area contributed by atoms with Crippen LogP contribution < -0.4 is 16.4 Å². The summed E-state index contributed by atoms with van der Waals surface area (Å²) in [6, 6.07) is 0. The van der Waals surface area contributed by atoms with Crippen LogP contribution in [0.3, 0.4) is 0 Å². The van der Waals surface area contributed by atoms with Gasteiger partial charge in [0.05, 0.1) is 0 Å². The Bertz CT molecular complexity index is 834. The average Bonchev–Trinajstić information content (AvgIpc) is 3.19. The Morgan fingerprint density at radius 3 is 2.56 bits per heavy atom. The highest BCUT2D eigenvalue weighted by atomic mass is 16.7. The highest BCUT2D eigenvalue weighted by Crippen LogP contribution is 2.40. The molecule has 1 aliphatic carbocycles. The SMILES string of the molecule is C=C1C=C(/C=C\C)C(CCNC(=O)ON2C(=O)CCC2=O)C1CCC(=O)OCNC(=N)N. The molecule has 2 rings (SSSR count). The molecule has 0 saturated carbocycles. The third kappa shape index (κ3) is 6.96. The van der Waals surface area contributed by atoms with Gasteiger partial charge in [0, 0.05) is 25.8 Å². The van der Waals surface area contributed by atoms with E-state index in [2.05, 4.69) is 17.2 Å². The molecule has 0 spiro atoms. The number of guanidine groups is 1. The zero-order valence-corrected chi connectivity index (χ0v) is 18.0. The van der Waals surface area contributed by atoms with Crippen molar-refractivity contribution in [2.75, 3.05) is 13.3 Å². The molecule has 32 heavy (non-hydrogen) atoms. The summed E-state index contributed by atoms with van der Waals surface area (Å²) >= 11 is 0. The number of carbonyl (C=O) groups is 4. The molecule has 174 valence electrons. The van der Waals surface area contributed by atoms with Crippen molar-refractivity contribution in [3.8, 4) is 0 Å². The predicted octanol–water partition coefficient (Wildman–Crippen LogP) is 1.24. The lowest BCUT2D eigenvalue weighted by Crippen LogP contribution is -2.37. The van der Waals surface area contributed by atoms with E-state index in [0.29, 0.717) is 17.9 Å². The normalized spacial score (nSPS) is 20.5. The van der Waals surface area contributed by atoms with Crippen LogP contribution in [0.2, 0.25) is 0 Å². The van der Waals surface area contributed by atoms with Crippen LogP contribution in [0.1, 0.15) is 39.0 Å². The van der Waals surface area contributed by atoms with Crippen molar-refractivity contribution in [3.63, 3.8) is 0 Å². The number of esters is 1. The number of hydroxylamine groups is 2. The van der Waals surface area contributed by atoms with E-state index in [9.17, 15) is 19.2 Å². The van der Waals surface area contributed by atoms with E-state index in [1.54, 1.807) is 0 Å². The lowest BCUT2D eigenvalue weighted by molar-refractivity contribution is -0.171. The van der Waals surface area contributed by atoms with Gasteiger partial charge in [0.2, 0.25) is 0 Å². The molecule has 2 aliphatic rings. The maximum Gasteiger partial charge on any atom is 0.432 e. The molecule has 0 aromatic carbocycles. The number of hydrogen-bond acceptors (Lipinski definition) is 7. The number of hydrogen-bond donors (Lipinski definition) is 4. The molecule has 1 fully saturated rings. The lowest BCUT2D eigenvalue weighted by atomic mass is 9.83. The number of rotatable bonds is 10. The van der Waals surface area contributed by atoms with E-state index >= 15 is 0 Å². The fourth-order valence-electron chi connectivity index (χ4n) is 3.68. The fraction of sp³-hybridized carbons (Fsp3) is 0.476. The Morgan fingerprint density at radius 1 is 1.25 bits per heavy atom. The molecule has 2 unspecified atom stereocenters. The van der Waals surface area contributed by atoms with Crippen LogP contribution in [0.4, 0.5) is 4.79 Å². The largest absolute Gasteiger partial charge is 0.444 e. The quantitative estimate of drug-likeness (QED) is 0.128. The van der Waals surface area contributed by atoms with Crippen molar-refractivity contribution >= 4 is 29.8 Å². The van der Waals surface area contributed by atoms with Gasteiger partial charge in [-0.05, 0) is 37.2 Å². The topological polar surface area (TPSA) is 164 Å². The minimum atomic E-state index is -0.875. The lowest BCUT2D eigenvalue weighted by Gasteiger charge is -2.23. The van der Waals surface area contributed by atoms with Gasteiger partial charge in [0.25, 0.3) is 11.8 Å².